The molecule has 0 saturated heterocycles. The van der Waals surface area contributed by atoms with Crippen LogP contribution < -0.4 is 10.6 Å². The highest BCUT2D eigenvalue weighted by Crippen LogP contribution is 2.27. The van der Waals surface area contributed by atoms with Crippen molar-refractivity contribution in [3.63, 3.8) is 0 Å². The summed E-state index contributed by atoms with van der Waals surface area (Å²) in [6.45, 7) is 5.48. The Morgan fingerprint density at radius 1 is 1.07 bits per heavy atom. The molecule has 144 valence electrons. The van der Waals surface area contributed by atoms with Crippen LogP contribution in [0.4, 0.5) is 5.69 Å². The van der Waals surface area contributed by atoms with Gasteiger partial charge in [0.1, 0.15) is 0 Å². The fraction of sp³-hybridized carbons (Fsp3) is 0.217. The lowest BCUT2D eigenvalue weighted by Crippen LogP contribution is -2.29. The molecule has 2 amide bonds. The first kappa shape index (κ1) is 19.8. The van der Waals surface area contributed by atoms with Crippen LogP contribution in [0.25, 0.3) is 0 Å². The quantitative estimate of drug-likeness (QED) is 0.613. The van der Waals surface area contributed by atoms with Gasteiger partial charge in [0, 0.05) is 23.1 Å². The minimum Gasteiger partial charge on any atom is -0.340 e. The third kappa shape index (κ3) is 4.67. The minimum atomic E-state index is -0.219. The van der Waals surface area contributed by atoms with E-state index in [1.165, 1.54) is 12.5 Å². The number of carbonyl (C=O) groups excluding carboxylic acids is 2. The molecule has 3 rings (SSSR count). The van der Waals surface area contributed by atoms with Crippen molar-refractivity contribution in [1.29, 1.82) is 0 Å². The van der Waals surface area contributed by atoms with E-state index in [9.17, 15) is 9.59 Å². The number of anilines is 1. The normalized spacial score (nSPS) is 11.7. The van der Waals surface area contributed by atoms with Crippen molar-refractivity contribution in [2.75, 3.05) is 5.32 Å². The summed E-state index contributed by atoms with van der Waals surface area (Å²) in [6.07, 6.45) is 0.978. The average molecular weight is 393 g/mol. The molecule has 1 aromatic heterocycles. The van der Waals surface area contributed by atoms with E-state index in [0.29, 0.717) is 11.3 Å². The molecule has 0 radical (unpaired) electrons. The van der Waals surface area contributed by atoms with E-state index in [0.717, 1.165) is 22.4 Å². The molecule has 2 aromatic carbocycles. The van der Waals surface area contributed by atoms with Gasteiger partial charge in [0.15, 0.2) is 0 Å². The Bertz CT molecular complexity index is 963. The predicted molar refractivity (Wildman–Crippen MR) is 115 cm³/mol. The highest BCUT2D eigenvalue weighted by molar-refractivity contribution is 7.10. The van der Waals surface area contributed by atoms with E-state index < -0.39 is 0 Å². The maximum atomic E-state index is 13.0. The Kier molecular flexibility index (Phi) is 6.26. The van der Waals surface area contributed by atoms with Gasteiger partial charge in [0.2, 0.25) is 5.91 Å². The van der Waals surface area contributed by atoms with Crippen LogP contribution in [0, 0.1) is 6.92 Å². The van der Waals surface area contributed by atoms with Crippen molar-refractivity contribution in [3.8, 4) is 0 Å². The summed E-state index contributed by atoms with van der Waals surface area (Å²) in [6, 6.07) is 17.5. The van der Waals surface area contributed by atoms with E-state index in [1.807, 2.05) is 30.5 Å². The Hall–Kier alpha value is -2.92. The molecule has 0 fully saturated rings. The molecule has 1 atom stereocenters. The molecule has 3 aromatic rings. The topological polar surface area (TPSA) is 58.2 Å². The lowest BCUT2D eigenvalue weighted by atomic mass is 10.0. The summed E-state index contributed by atoms with van der Waals surface area (Å²) in [5, 5.41) is 7.93. The Morgan fingerprint density at radius 3 is 2.43 bits per heavy atom. The first-order chi connectivity index (χ1) is 13.5. The fourth-order valence-corrected chi connectivity index (χ4v) is 3.82. The Morgan fingerprint density at radius 2 is 1.82 bits per heavy atom. The number of rotatable bonds is 6. The van der Waals surface area contributed by atoms with Gasteiger partial charge in [-0.15, -0.1) is 11.3 Å². The summed E-state index contributed by atoms with van der Waals surface area (Å²) < 4.78 is 0. The van der Waals surface area contributed by atoms with Crippen molar-refractivity contribution in [3.05, 3.63) is 87.1 Å². The predicted octanol–water partition coefficient (Wildman–Crippen LogP) is 5.10. The zero-order valence-corrected chi connectivity index (χ0v) is 17.1. The lowest BCUT2D eigenvalue weighted by Gasteiger charge is -2.19. The van der Waals surface area contributed by atoms with Crippen LogP contribution in [0.1, 0.15) is 51.8 Å². The van der Waals surface area contributed by atoms with Crippen molar-refractivity contribution in [2.45, 2.75) is 33.2 Å². The van der Waals surface area contributed by atoms with Gasteiger partial charge in [-0.05, 0) is 53.6 Å². The van der Waals surface area contributed by atoms with Crippen LogP contribution in [0.2, 0.25) is 0 Å². The number of aryl methyl sites for hydroxylation is 2. The number of carbonyl (C=O) groups is 2. The van der Waals surface area contributed by atoms with Gasteiger partial charge in [-0.25, -0.2) is 0 Å². The zero-order valence-electron chi connectivity index (χ0n) is 16.3. The highest BCUT2D eigenvalue weighted by atomic mass is 32.1. The van der Waals surface area contributed by atoms with E-state index in [2.05, 4.69) is 41.8 Å². The monoisotopic (exact) mass is 392 g/mol. The van der Waals surface area contributed by atoms with Crippen LogP contribution in [0.5, 0.6) is 0 Å². The number of hydrogen-bond acceptors (Lipinski definition) is 3. The average Bonchev–Trinajstić information content (AvgIpc) is 3.22. The SMILES string of the molecule is CCc1ccc(C(NC(=O)c2ccc(C)c(NC(C)=O)c2)c2cccs2)cc1. The Labute approximate surface area is 169 Å². The summed E-state index contributed by atoms with van der Waals surface area (Å²) >= 11 is 1.62. The van der Waals surface area contributed by atoms with Gasteiger partial charge in [-0.1, -0.05) is 43.3 Å². The first-order valence-electron chi connectivity index (χ1n) is 9.29. The number of amides is 2. The molecular weight excluding hydrogens is 368 g/mol. The van der Waals surface area contributed by atoms with Crippen LogP contribution in [-0.4, -0.2) is 11.8 Å². The van der Waals surface area contributed by atoms with Gasteiger partial charge in [0.25, 0.3) is 5.91 Å². The van der Waals surface area contributed by atoms with E-state index in [-0.39, 0.29) is 17.9 Å². The van der Waals surface area contributed by atoms with Crippen LogP contribution in [0.3, 0.4) is 0 Å². The summed E-state index contributed by atoms with van der Waals surface area (Å²) in [5.74, 6) is -0.335. The molecule has 0 saturated carbocycles. The number of thiophene rings is 1. The molecular formula is C23H24N2O2S. The second-order valence-electron chi connectivity index (χ2n) is 6.73. The number of nitrogens with one attached hydrogen (secondary N) is 2. The lowest BCUT2D eigenvalue weighted by molar-refractivity contribution is -0.114. The summed E-state index contributed by atoms with van der Waals surface area (Å²) in [4.78, 5) is 25.5. The molecule has 28 heavy (non-hydrogen) atoms. The first-order valence-corrected chi connectivity index (χ1v) is 10.2. The molecule has 1 unspecified atom stereocenters. The van der Waals surface area contributed by atoms with Gasteiger partial charge in [0.05, 0.1) is 6.04 Å². The molecule has 0 aliphatic rings. The van der Waals surface area contributed by atoms with Gasteiger partial charge in [-0.3, -0.25) is 9.59 Å². The standard InChI is InChI=1S/C23H24N2O2S/c1-4-17-8-11-18(12-9-17)22(21-6-5-13-28-21)25-23(27)19-10-7-15(2)20(14-19)24-16(3)26/h5-14,22H,4H2,1-3H3,(H,24,26)(H,25,27). The second-order valence-corrected chi connectivity index (χ2v) is 7.71. The Balaban J connectivity index is 1.88. The molecule has 4 nitrogen and oxygen atoms in total. The van der Waals surface area contributed by atoms with Crippen LogP contribution in [-0.2, 0) is 11.2 Å². The van der Waals surface area contributed by atoms with Crippen molar-refractivity contribution >= 4 is 28.8 Å². The smallest absolute Gasteiger partial charge is 0.252 e. The number of hydrogen-bond donors (Lipinski definition) is 2. The largest absolute Gasteiger partial charge is 0.340 e. The third-order valence-electron chi connectivity index (χ3n) is 4.63. The number of benzene rings is 2. The highest BCUT2D eigenvalue weighted by Gasteiger charge is 2.19. The fourth-order valence-electron chi connectivity index (χ4n) is 3.02. The van der Waals surface area contributed by atoms with Crippen LogP contribution in [0.15, 0.2) is 60.0 Å². The van der Waals surface area contributed by atoms with Crippen LogP contribution >= 0.6 is 11.3 Å². The second kappa shape index (κ2) is 8.85. The molecule has 0 spiro atoms. The van der Waals surface area contributed by atoms with Crippen molar-refractivity contribution in [1.82, 2.24) is 5.32 Å². The van der Waals surface area contributed by atoms with E-state index in [1.54, 1.807) is 23.5 Å². The molecule has 2 N–H and O–H groups in total. The molecule has 1 heterocycles. The van der Waals surface area contributed by atoms with E-state index >= 15 is 0 Å². The maximum absolute atomic E-state index is 13.0. The molecule has 0 bridgehead atoms. The summed E-state index contributed by atoms with van der Waals surface area (Å²) in [7, 11) is 0. The maximum Gasteiger partial charge on any atom is 0.252 e. The van der Waals surface area contributed by atoms with Crippen molar-refractivity contribution < 1.29 is 9.59 Å². The zero-order chi connectivity index (χ0) is 20.1. The molecule has 0 aliphatic carbocycles. The minimum absolute atomic E-state index is 0.159. The summed E-state index contributed by atoms with van der Waals surface area (Å²) in [5.41, 5.74) is 4.39. The van der Waals surface area contributed by atoms with Gasteiger partial charge >= 0.3 is 0 Å². The van der Waals surface area contributed by atoms with Crippen molar-refractivity contribution in [2.24, 2.45) is 0 Å². The molecule has 0 aliphatic heterocycles. The van der Waals surface area contributed by atoms with E-state index in [4.69, 9.17) is 0 Å². The molecule has 5 heteroatoms. The van der Waals surface area contributed by atoms with Gasteiger partial charge < -0.3 is 10.6 Å². The van der Waals surface area contributed by atoms with Gasteiger partial charge in [-0.2, -0.15) is 0 Å². The third-order valence-corrected chi connectivity index (χ3v) is 5.57.